The smallest absolute Gasteiger partial charge is 0.291 e. The van der Waals surface area contributed by atoms with Crippen LogP contribution in [0.5, 0.6) is 0 Å². The molecular weight excluding hydrogens is 247 g/mol. The molecule has 98 valence electrons. The third-order valence-electron chi connectivity index (χ3n) is 2.58. The zero-order chi connectivity index (χ0) is 13.2. The Bertz CT molecular complexity index is 426. The van der Waals surface area contributed by atoms with Gasteiger partial charge in [0.15, 0.2) is 0 Å². The number of hydrogen-bond acceptors (Lipinski definition) is 3. The Morgan fingerprint density at radius 1 is 1.39 bits per heavy atom. The number of carbonyl (C=O) groups is 1. The number of nitrogens with zero attached hydrogens (tertiary/aromatic N) is 1. The predicted molar refractivity (Wildman–Crippen MR) is 56.9 cm³/mol. The molecule has 18 heavy (non-hydrogen) atoms. The molecule has 1 aliphatic carbocycles. The van der Waals surface area contributed by atoms with E-state index in [1.165, 1.54) is 6.07 Å². The van der Waals surface area contributed by atoms with Crippen LogP contribution in [0.2, 0.25) is 0 Å². The van der Waals surface area contributed by atoms with E-state index in [4.69, 9.17) is 0 Å². The topological polar surface area (TPSA) is 54.0 Å². The second kappa shape index (κ2) is 4.93. The van der Waals surface area contributed by atoms with E-state index in [0.29, 0.717) is 5.69 Å². The lowest BCUT2D eigenvalue weighted by Gasteiger charge is -2.08. The van der Waals surface area contributed by atoms with Crippen molar-refractivity contribution in [3.63, 3.8) is 0 Å². The Kier molecular flexibility index (Phi) is 3.51. The fraction of sp³-hybridized carbons (Fsp3) is 0.455. The largest absolute Gasteiger partial charge is 0.417 e. The Hall–Kier alpha value is -1.63. The van der Waals surface area contributed by atoms with Gasteiger partial charge in [-0.05, 0) is 25.0 Å². The van der Waals surface area contributed by atoms with Crippen LogP contribution in [0.3, 0.4) is 0 Å². The number of nitrogens with one attached hydrogen (secondary N) is 2. The summed E-state index contributed by atoms with van der Waals surface area (Å²) in [5, 5.41) is 0. The van der Waals surface area contributed by atoms with Gasteiger partial charge in [-0.25, -0.2) is 5.43 Å². The lowest BCUT2D eigenvalue weighted by Crippen LogP contribution is -2.37. The van der Waals surface area contributed by atoms with Crippen molar-refractivity contribution in [2.75, 3.05) is 0 Å². The van der Waals surface area contributed by atoms with E-state index in [9.17, 15) is 18.0 Å². The number of hydrazine groups is 1. The summed E-state index contributed by atoms with van der Waals surface area (Å²) in [7, 11) is 0. The van der Waals surface area contributed by atoms with Gasteiger partial charge in [0.25, 0.3) is 0 Å². The maximum Gasteiger partial charge on any atom is 0.417 e. The lowest BCUT2D eigenvalue weighted by atomic mass is 10.2. The van der Waals surface area contributed by atoms with Crippen LogP contribution in [0.15, 0.2) is 18.3 Å². The first-order valence-corrected chi connectivity index (χ1v) is 5.51. The zero-order valence-electron chi connectivity index (χ0n) is 9.42. The third-order valence-corrected chi connectivity index (χ3v) is 2.58. The van der Waals surface area contributed by atoms with E-state index >= 15 is 0 Å². The van der Waals surface area contributed by atoms with E-state index in [2.05, 4.69) is 15.8 Å². The molecule has 0 saturated heterocycles. The Labute approximate surface area is 102 Å². The fourth-order valence-electron chi connectivity index (χ4n) is 1.37. The molecule has 4 nitrogen and oxygen atoms in total. The quantitative estimate of drug-likeness (QED) is 0.808. The predicted octanol–water partition coefficient (Wildman–Crippen LogP) is 1.63. The van der Waals surface area contributed by atoms with Crippen molar-refractivity contribution >= 4 is 5.91 Å². The number of aromatic nitrogens is 1. The molecule has 2 N–H and O–H groups in total. The summed E-state index contributed by atoms with van der Waals surface area (Å²) in [6.45, 7) is 0.191. The van der Waals surface area contributed by atoms with Crippen LogP contribution in [0.4, 0.5) is 13.2 Å². The third kappa shape index (κ3) is 3.43. The molecule has 1 amide bonds. The second-order valence-electron chi connectivity index (χ2n) is 4.15. The Morgan fingerprint density at radius 2 is 2.11 bits per heavy atom. The van der Waals surface area contributed by atoms with Crippen molar-refractivity contribution in [3.05, 3.63) is 29.6 Å². The van der Waals surface area contributed by atoms with Crippen LogP contribution < -0.4 is 10.9 Å². The Balaban J connectivity index is 1.81. The average Bonchev–Trinajstić information content (AvgIpc) is 3.12. The molecule has 0 aliphatic heterocycles. The van der Waals surface area contributed by atoms with Crippen LogP contribution in [0.25, 0.3) is 0 Å². The first-order chi connectivity index (χ1) is 8.47. The highest BCUT2D eigenvalue weighted by Crippen LogP contribution is 2.29. The highest BCUT2D eigenvalue weighted by molar-refractivity contribution is 5.80. The van der Waals surface area contributed by atoms with Crippen LogP contribution in [0.1, 0.15) is 24.1 Å². The first kappa shape index (κ1) is 12.8. The van der Waals surface area contributed by atoms with Crippen molar-refractivity contribution in [2.45, 2.75) is 25.6 Å². The van der Waals surface area contributed by atoms with Gasteiger partial charge in [-0.15, -0.1) is 0 Å². The van der Waals surface area contributed by atoms with Crippen LogP contribution in [-0.2, 0) is 17.5 Å². The monoisotopic (exact) mass is 259 g/mol. The number of hydrogen-bond donors (Lipinski definition) is 2. The van der Waals surface area contributed by atoms with Crippen LogP contribution in [0, 0.1) is 5.92 Å². The number of carbonyl (C=O) groups excluding carboxylic acids is 1. The van der Waals surface area contributed by atoms with Crippen LogP contribution >= 0.6 is 0 Å². The van der Waals surface area contributed by atoms with E-state index < -0.39 is 11.7 Å². The number of alkyl halides is 3. The molecule has 0 unspecified atom stereocenters. The van der Waals surface area contributed by atoms with Gasteiger partial charge in [0.2, 0.25) is 5.91 Å². The summed E-state index contributed by atoms with van der Waals surface area (Å²) in [5.41, 5.74) is 4.77. The normalized spacial score (nSPS) is 15.5. The summed E-state index contributed by atoms with van der Waals surface area (Å²) in [5.74, 6) is -0.0000220. The van der Waals surface area contributed by atoms with Crippen LogP contribution in [-0.4, -0.2) is 10.9 Å². The standard InChI is InChI=1S/C11H12F3N3O/c12-11(13,14)8-3-4-9(15-5-8)6-16-17-10(18)7-1-2-7/h3-5,7,16H,1-2,6H2,(H,17,18). The van der Waals surface area contributed by atoms with Gasteiger partial charge < -0.3 is 0 Å². The first-order valence-electron chi connectivity index (χ1n) is 5.51. The SMILES string of the molecule is O=C(NNCc1ccc(C(F)(F)F)cn1)C1CC1. The molecule has 0 aromatic carbocycles. The van der Waals surface area contributed by atoms with E-state index in [0.717, 1.165) is 25.1 Å². The van der Waals surface area contributed by atoms with E-state index in [1.54, 1.807) is 0 Å². The van der Waals surface area contributed by atoms with Crippen molar-refractivity contribution in [1.82, 2.24) is 15.8 Å². The zero-order valence-corrected chi connectivity index (χ0v) is 9.42. The van der Waals surface area contributed by atoms with E-state index in [-0.39, 0.29) is 18.4 Å². The number of halogens is 3. The van der Waals surface area contributed by atoms with Gasteiger partial charge in [-0.3, -0.25) is 15.2 Å². The van der Waals surface area contributed by atoms with Gasteiger partial charge in [0.1, 0.15) is 0 Å². The molecule has 1 heterocycles. The number of rotatable bonds is 4. The molecule has 1 fully saturated rings. The summed E-state index contributed by atoms with van der Waals surface area (Å²) in [6.07, 6.45) is -1.81. The lowest BCUT2D eigenvalue weighted by molar-refractivity contribution is -0.137. The Morgan fingerprint density at radius 3 is 2.61 bits per heavy atom. The molecule has 0 bridgehead atoms. The van der Waals surface area contributed by atoms with Gasteiger partial charge in [-0.1, -0.05) is 0 Å². The number of amides is 1. The molecule has 1 aromatic rings. The minimum absolute atomic E-state index is 0.0815. The van der Waals surface area contributed by atoms with Gasteiger partial charge in [0.05, 0.1) is 17.8 Å². The second-order valence-corrected chi connectivity index (χ2v) is 4.15. The molecular formula is C11H12F3N3O. The van der Waals surface area contributed by atoms with E-state index in [1.807, 2.05) is 0 Å². The molecule has 0 atom stereocenters. The molecule has 1 saturated carbocycles. The van der Waals surface area contributed by atoms with Crippen molar-refractivity contribution < 1.29 is 18.0 Å². The fourth-order valence-corrected chi connectivity index (χ4v) is 1.37. The number of pyridine rings is 1. The highest BCUT2D eigenvalue weighted by Gasteiger charge is 2.31. The molecule has 0 radical (unpaired) electrons. The summed E-state index contributed by atoms with van der Waals surface area (Å²) >= 11 is 0. The average molecular weight is 259 g/mol. The van der Waals surface area contributed by atoms with Gasteiger partial charge >= 0.3 is 6.18 Å². The minimum atomic E-state index is -4.38. The maximum atomic E-state index is 12.3. The molecule has 0 spiro atoms. The van der Waals surface area contributed by atoms with Crippen molar-refractivity contribution in [2.24, 2.45) is 5.92 Å². The molecule has 7 heteroatoms. The highest BCUT2D eigenvalue weighted by atomic mass is 19.4. The van der Waals surface area contributed by atoms with Gasteiger partial charge in [-0.2, -0.15) is 13.2 Å². The van der Waals surface area contributed by atoms with Crippen molar-refractivity contribution in [3.8, 4) is 0 Å². The minimum Gasteiger partial charge on any atom is -0.291 e. The summed E-state index contributed by atoms with van der Waals surface area (Å²) in [6, 6.07) is 2.24. The van der Waals surface area contributed by atoms with Crippen molar-refractivity contribution in [1.29, 1.82) is 0 Å². The molecule has 1 aliphatic rings. The molecule has 2 rings (SSSR count). The summed E-state index contributed by atoms with van der Waals surface area (Å²) in [4.78, 5) is 14.9. The molecule has 1 aromatic heterocycles. The summed E-state index contributed by atoms with van der Waals surface area (Å²) < 4.78 is 36.8. The van der Waals surface area contributed by atoms with Gasteiger partial charge in [0, 0.05) is 12.1 Å². The maximum absolute atomic E-state index is 12.3.